The van der Waals surface area contributed by atoms with Crippen molar-refractivity contribution in [3.63, 3.8) is 0 Å². The Kier molecular flexibility index (Phi) is 9.72. The van der Waals surface area contributed by atoms with Gasteiger partial charge in [-0.1, -0.05) is 58.5 Å². The van der Waals surface area contributed by atoms with Crippen LogP contribution in [0, 0.1) is 0 Å². The molecule has 0 aliphatic carbocycles. The van der Waals surface area contributed by atoms with E-state index in [1.165, 1.54) is 55.3 Å². The first-order valence-electron chi connectivity index (χ1n) is 10.9. The van der Waals surface area contributed by atoms with Crippen LogP contribution in [0.2, 0.25) is 20.1 Å². The number of likely N-dealkylation sites (N-methyl/N-ethyl adjacent to an activating group) is 1. The zero-order chi connectivity index (χ0) is 27.3. The lowest BCUT2D eigenvalue weighted by atomic mass is 10.1. The number of hydrogen-bond donors (Lipinski definition) is 1. The molecule has 0 heterocycles. The topological polar surface area (TPSA) is 86.8 Å². The molecular weight excluding hydrogens is 580 g/mol. The molecule has 0 aliphatic rings. The molecule has 0 spiro atoms. The molecular formula is C25H23Cl4N3O4S. The molecule has 1 N–H and O–H groups in total. The number of nitrogens with zero attached hydrogens (tertiary/aromatic N) is 2. The predicted octanol–water partition coefficient (Wildman–Crippen LogP) is 5.66. The summed E-state index contributed by atoms with van der Waals surface area (Å²) in [4.78, 5) is 27.4. The first-order valence-corrected chi connectivity index (χ1v) is 13.9. The molecule has 2 amide bonds. The molecule has 3 rings (SSSR count). The Hall–Kier alpha value is -2.49. The third kappa shape index (κ3) is 6.89. The van der Waals surface area contributed by atoms with E-state index in [9.17, 15) is 18.0 Å². The van der Waals surface area contributed by atoms with E-state index in [2.05, 4.69) is 5.32 Å². The summed E-state index contributed by atoms with van der Waals surface area (Å²) in [6.07, 6.45) is 0. The number of hydrogen-bond acceptors (Lipinski definition) is 4. The summed E-state index contributed by atoms with van der Waals surface area (Å²) < 4.78 is 28.3. The molecule has 0 aliphatic heterocycles. The Morgan fingerprint density at radius 1 is 0.892 bits per heavy atom. The first kappa shape index (κ1) is 29.1. The minimum absolute atomic E-state index is 0.0790. The van der Waals surface area contributed by atoms with Crippen LogP contribution in [0.25, 0.3) is 0 Å². The van der Waals surface area contributed by atoms with Crippen molar-refractivity contribution < 1.29 is 18.0 Å². The van der Waals surface area contributed by atoms with Crippen molar-refractivity contribution in [1.82, 2.24) is 10.2 Å². The second kappa shape index (κ2) is 12.4. The molecule has 1 atom stereocenters. The van der Waals surface area contributed by atoms with E-state index in [1.54, 1.807) is 30.3 Å². The summed E-state index contributed by atoms with van der Waals surface area (Å²) in [7, 11) is -2.80. The third-order valence-electron chi connectivity index (χ3n) is 5.58. The average molecular weight is 603 g/mol. The molecule has 3 aromatic carbocycles. The van der Waals surface area contributed by atoms with E-state index in [4.69, 9.17) is 46.4 Å². The van der Waals surface area contributed by atoms with Crippen LogP contribution in [0.1, 0.15) is 12.5 Å². The van der Waals surface area contributed by atoms with Crippen molar-refractivity contribution in [1.29, 1.82) is 0 Å². The van der Waals surface area contributed by atoms with Crippen LogP contribution in [0.15, 0.2) is 71.6 Å². The van der Waals surface area contributed by atoms with Crippen molar-refractivity contribution in [2.24, 2.45) is 0 Å². The van der Waals surface area contributed by atoms with Gasteiger partial charge in [-0.2, -0.15) is 0 Å². The molecule has 3 aromatic rings. The molecule has 196 valence electrons. The van der Waals surface area contributed by atoms with Gasteiger partial charge in [-0.15, -0.1) is 0 Å². The summed E-state index contributed by atoms with van der Waals surface area (Å²) in [6, 6.07) is 15.6. The Bertz CT molecular complexity index is 1380. The van der Waals surface area contributed by atoms with Crippen LogP contribution >= 0.6 is 46.4 Å². The van der Waals surface area contributed by atoms with Crippen molar-refractivity contribution in [2.75, 3.05) is 17.9 Å². The molecule has 0 aromatic heterocycles. The predicted molar refractivity (Wildman–Crippen MR) is 148 cm³/mol. The van der Waals surface area contributed by atoms with E-state index < -0.39 is 34.4 Å². The van der Waals surface area contributed by atoms with E-state index in [-0.39, 0.29) is 22.2 Å². The SMILES string of the molecule is CNC(=O)[C@H](C)N(Cc1c(Cl)cccc1Cl)C(=O)CN(c1cccc(Cl)c1)S(=O)(=O)c1ccc(Cl)cc1. The van der Waals surface area contributed by atoms with Gasteiger partial charge in [0.2, 0.25) is 11.8 Å². The number of sulfonamides is 1. The fourth-order valence-corrected chi connectivity index (χ4v) is 5.77. The zero-order valence-corrected chi connectivity index (χ0v) is 23.6. The highest BCUT2D eigenvalue weighted by Gasteiger charge is 2.33. The van der Waals surface area contributed by atoms with Gasteiger partial charge in [0.25, 0.3) is 10.0 Å². The minimum atomic E-state index is -4.24. The van der Waals surface area contributed by atoms with Crippen molar-refractivity contribution in [2.45, 2.75) is 24.4 Å². The highest BCUT2D eigenvalue weighted by molar-refractivity contribution is 7.92. The number of benzene rings is 3. The summed E-state index contributed by atoms with van der Waals surface area (Å²) >= 11 is 24.7. The lowest BCUT2D eigenvalue weighted by molar-refractivity contribution is -0.139. The van der Waals surface area contributed by atoms with E-state index >= 15 is 0 Å². The fourth-order valence-electron chi connectivity index (χ4n) is 3.54. The van der Waals surface area contributed by atoms with Gasteiger partial charge in [-0.25, -0.2) is 8.42 Å². The Labute approximate surface area is 235 Å². The molecule has 0 saturated carbocycles. The molecule has 0 fully saturated rings. The van der Waals surface area contributed by atoms with Gasteiger partial charge in [-0.05, 0) is 61.5 Å². The number of nitrogens with one attached hydrogen (secondary N) is 1. The third-order valence-corrected chi connectivity index (χ3v) is 8.56. The van der Waals surface area contributed by atoms with Gasteiger partial charge in [-0.3, -0.25) is 13.9 Å². The van der Waals surface area contributed by atoms with Gasteiger partial charge in [0, 0.05) is 39.2 Å². The van der Waals surface area contributed by atoms with Crippen molar-refractivity contribution in [3.05, 3.63) is 92.4 Å². The molecule has 37 heavy (non-hydrogen) atoms. The van der Waals surface area contributed by atoms with Gasteiger partial charge < -0.3 is 10.2 Å². The van der Waals surface area contributed by atoms with Crippen LogP contribution in [0.5, 0.6) is 0 Å². The summed E-state index contributed by atoms with van der Waals surface area (Å²) in [5.41, 5.74) is 0.587. The van der Waals surface area contributed by atoms with Crippen molar-refractivity contribution >= 4 is 73.9 Å². The maximum absolute atomic E-state index is 13.7. The number of halogens is 4. The summed E-state index contributed by atoms with van der Waals surface area (Å²) in [6.45, 7) is 0.768. The normalized spacial score (nSPS) is 12.1. The summed E-state index contributed by atoms with van der Waals surface area (Å²) in [5, 5.41) is 3.74. The molecule has 0 unspecified atom stereocenters. The van der Waals surface area contributed by atoms with Gasteiger partial charge >= 0.3 is 0 Å². The largest absolute Gasteiger partial charge is 0.357 e. The fraction of sp³-hybridized carbons (Fsp3) is 0.200. The van der Waals surface area contributed by atoms with E-state index in [0.717, 1.165) is 4.31 Å². The van der Waals surface area contributed by atoms with E-state index in [0.29, 0.717) is 20.6 Å². The second-order valence-corrected chi connectivity index (χ2v) is 11.5. The number of rotatable bonds is 9. The standard InChI is InChI=1S/C25H23Cl4N3O4S/c1-16(25(34)30-2)31(14-21-22(28)7-4-8-23(21)29)24(33)15-32(19-6-3-5-18(27)13-19)37(35,36)20-11-9-17(26)10-12-20/h3-13,16H,14-15H2,1-2H3,(H,30,34)/t16-/m0/s1. The first-order chi connectivity index (χ1) is 17.4. The number of anilines is 1. The Morgan fingerprint density at radius 3 is 2.05 bits per heavy atom. The number of carbonyl (C=O) groups is 2. The lowest BCUT2D eigenvalue weighted by Crippen LogP contribution is -2.50. The highest BCUT2D eigenvalue weighted by atomic mass is 35.5. The molecule has 12 heteroatoms. The molecule has 0 bridgehead atoms. The van der Waals surface area contributed by atoms with Crippen LogP contribution in [0.4, 0.5) is 5.69 Å². The minimum Gasteiger partial charge on any atom is -0.357 e. The highest BCUT2D eigenvalue weighted by Crippen LogP contribution is 2.29. The Morgan fingerprint density at radius 2 is 1.49 bits per heavy atom. The monoisotopic (exact) mass is 601 g/mol. The molecule has 0 saturated heterocycles. The van der Waals surface area contributed by atoms with Crippen molar-refractivity contribution in [3.8, 4) is 0 Å². The average Bonchev–Trinajstić information content (AvgIpc) is 2.86. The lowest BCUT2D eigenvalue weighted by Gasteiger charge is -2.32. The van der Waals surface area contributed by atoms with Gasteiger partial charge in [0.05, 0.1) is 10.6 Å². The second-order valence-electron chi connectivity index (χ2n) is 7.96. The maximum atomic E-state index is 13.7. The maximum Gasteiger partial charge on any atom is 0.264 e. The molecule has 7 nitrogen and oxygen atoms in total. The van der Waals surface area contributed by atoms with Crippen LogP contribution < -0.4 is 9.62 Å². The number of carbonyl (C=O) groups excluding carboxylic acids is 2. The van der Waals surface area contributed by atoms with Gasteiger partial charge in [0.1, 0.15) is 12.6 Å². The Balaban J connectivity index is 2.07. The summed E-state index contributed by atoms with van der Waals surface area (Å²) in [5.74, 6) is -1.11. The quantitative estimate of drug-likeness (QED) is 0.342. The van der Waals surface area contributed by atoms with Gasteiger partial charge in [0.15, 0.2) is 0 Å². The van der Waals surface area contributed by atoms with Crippen LogP contribution in [0.3, 0.4) is 0 Å². The number of amides is 2. The zero-order valence-electron chi connectivity index (χ0n) is 19.8. The van der Waals surface area contributed by atoms with Crippen LogP contribution in [-0.2, 0) is 26.2 Å². The van der Waals surface area contributed by atoms with E-state index in [1.807, 2.05) is 0 Å². The van der Waals surface area contributed by atoms with Crippen LogP contribution in [-0.4, -0.2) is 44.8 Å². The molecule has 0 radical (unpaired) electrons. The smallest absolute Gasteiger partial charge is 0.264 e.